The van der Waals surface area contributed by atoms with Gasteiger partial charge in [0, 0.05) is 24.7 Å². The summed E-state index contributed by atoms with van der Waals surface area (Å²) in [4.78, 5) is 2.76. The van der Waals surface area contributed by atoms with E-state index in [0.29, 0.717) is 18.1 Å². The van der Waals surface area contributed by atoms with E-state index in [4.69, 9.17) is 0 Å². The van der Waals surface area contributed by atoms with Gasteiger partial charge in [-0.25, -0.2) is 0 Å². The first kappa shape index (κ1) is 17.0. The third-order valence-corrected chi connectivity index (χ3v) is 4.51. The average Bonchev–Trinajstić information content (AvgIpc) is 2.26. The van der Waals surface area contributed by atoms with Crippen molar-refractivity contribution in [2.45, 2.75) is 79.4 Å². The van der Waals surface area contributed by atoms with Gasteiger partial charge >= 0.3 is 0 Å². The molecule has 1 rings (SSSR count). The lowest BCUT2D eigenvalue weighted by atomic mass is 9.75. The van der Waals surface area contributed by atoms with Crippen LogP contribution in [0.4, 0.5) is 0 Å². The Morgan fingerprint density at radius 2 is 1.74 bits per heavy atom. The minimum absolute atomic E-state index is 0.643. The summed E-state index contributed by atoms with van der Waals surface area (Å²) in [5.74, 6) is 2.41. The van der Waals surface area contributed by atoms with Gasteiger partial charge in [-0.2, -0.15) is 0 Å². The van der Waals surface area contributed by atoms with Crippen molar-refractivity contribution >= 4 is 0 Å². The molecule has 0 radical (unpaired) electrons. The molecule has 19 heavy (non-hydrogen) atoms. The summed E-state index contributed by atoms with van der Waals surface area (Å²) < 4.78 is 0. The molecule has 0 bridgehead atoms. The molecule has 0 aromatic rings. The zero-order valence-corrected chi connectivity index (χ0v) is 14.2. The maximum absolute atomic E-state index is 3.76. The van der Waals surface area contributed by atoms with Crippen molar-refractivity contribution in [3.63, 3.8) is 0 Å². The van der Waals surface area contributed by atoms with Gasteiger partial charge in [-0.05, 0) is 51.0 Å². The Bertz CT molecular complexity index is 250. The molecule has 114 valence electrons. The highest BCUT2D eigenvalue weighted by atomic mass is 15.2. The van der Waals surface area contributed by atoms with E-state index in [-0.39, 0.29) is 0 Å². The van der Waals surface area contributed by atoms with Crippen LogP contribution in [-0.2, 0) is 0 Å². The van der Waals surface area contributed by atoms with Crippen LogP contribution in [-0.4, -0.2) is 36.1 Å². The van der Waals surface area contributed by atoms with E-state index in [9.17, 15) is 0 Å². The van der Waals surface area contributed by atoms with Gasteiger partial charge in [0.15, 0.2) is 0 Å². The summed E-state index contributed by atoms with van der Waals surface area (Å²) >= 11 is 0. The first-order chi connectivity index (χ1) is 8.86. The second-order valence-electron chi connectivity index (χ2n) is 7.39. The summed E-state index contributed by atoms with van der Waals surface area (Å²) in [5.41, 5.74) is 0. The summed E-state index contributed by atoms with van der Waals surface area (Å²) in [6.07, 6.45) is 2.72. The van der Waals surface area contributed by atoms with Gasteiger partial charge in [-0.15, -0.1) is 0 Å². The number of likely N-dealkylation sites (N-methyl/N-ethyl adjacent to an activating group) is 1. The van der Waals surface area contributed by atoms with Crippen LogP contribution in [0.25, 0.3) is 0 Å². The van der Waals surface area contributed by atoms with Crippen LogP contribution in [0.15, 0.2) is 0 Å². The summed E-state index contributed by atoms with van der Waals surface area (Å²) in [6, 6.07) is 2.02. The van der Waals surface area contributed by atoms with Gasteiger partial charge < -0.3 is 5.32 Å². The lowest BCUT2D eigenvalue weighted by Gasteiger charge is -2.48. The van der Waals surface area contributed by atoms with Crippen LogP contribution in [0.1, 0.15) is 61.3 Å². The Kier molecular flexibility index (Phi) is 6.82. The van der Waals surface area contributed by atoms with E-state index in [0.717, 1.165) is 24.3 Å². The van der Waals surface area contributed by atoms with Crippen LogP contribution in [0, 0.1) is 17.8 Å². The van der Waals surface area contributed by atoms with Gasteiger partial charge in [0.25, 0.3) is 0 Å². The Morgan fingerprint density at radius 1 is 1.11 bits per heavy atom. The van der Waals surface area contributed by atoms with Gasteiger partial charge in [-0.1, -0.05) is 34.6 Å². The molecular weight excluding hydrogens is 232 g/mol. The monoisotopic (exact) mass is 268 g/mol. The maximum Gasteiger partial charge on any atom is 0.0277 e. The van der Waals surface area contributed by atoms with Crippen LogP contribution in [0.2, 0.25) is 0 Å². The normalized spacial score (nSPS) is 32.5. The van der Waals surface area contributed by atoms with E-state index < -0.39 is 0 Å². The van der Waals surface area contributed by atoms with Gasteiger partial charge in [0.2, 0.25) is 0 Å². The molecule has 0 heterocycles. The molecule has 1 fully saturated rings. The Hall–Kier alpha value is -0.0800. The molecule has 0 aliphatic heterocycles. The smallest absolute Gasteiger partial charge is 0.0277 e. The molecule has 1 aliphatic rings. The van der Waals surface area contributed by atoms with Crippen molar-refractivity contribution in [1.82, 2.24) is 10.2 Å². The maximum atomic E-state index is 3.76. The predicted octanol–water partition coefficient (Wildman–Crippen LogP) is 3.77. The van der Waals surface area contributed by atoms with Crippen molar-refractivity contribution in [2.75, 3.05) is 13.1 Å². The molecule has 0 saturated heterocycles. The highest BCUT2D eigenvalue weighted by Gasteiger charge is 2.38. The van der Waals surface area contributed by atoms with Gasteiger partial charge in [0.1, 0.15) is 0 Å². The third-order valence-electron chi connectivity index (χ3n) is 4.51. The topological polar surface area (TPSA) is 15.3 Å². The predicted molar refractivity (Wildman–Crippen MR) is 85.5 cm³/mol. The molecule has 2 heteroatoms. The Labute approximate surface area is 121 Å². The minimum Gasteiger partial charge on any atom is -0.313 e. The first-order valence-electron chi connectivity index (χ1n) is 8.35. The summed E-state index contributed by atoms with van der Waals surface area (Å²) in [7, 11) is 0. The molecule has 4 unspecified atom stereocenters. The van der Waals surface area contributed by atoms with E-state index >= 15 is 0 Å². The van der Waals surface area contributed by atoms with E-state index in [1.165, 1.54) is 19.4 Å². The molecule has 4 atom stereocenters. The zero-order chi connectivity index (χ0) is 14.6. The van der Waals surface area contributed by atoms with Gasteiger partial charge in [0.05, 0.1) is 0 Å². The Balaban J connectivity index is 2.87. The van der Waals surface area contributed by atoms with E-state index in [1.54, 1.807) is 0 Å². The van der Waals surface area contributed by atoms with E-state index in [2.05, 4.69) is 58.7 Å². The Morgan fingerprint density at radius 3 is 2.21 bits per heavy atom. The fourth-order valence-electron chi connectivity index (χ4n) is 3.96. The standard InChI is InChI=1S/C17H36N2/c1-8-18-16-10-14(6)9-15(7)17(16)19(13(4)5)11-12(2)3/h12-18H,8-11H2,1-7H3. The quantitative estimate of drug-likeness (QED) is 0.789. The van der Waals surface area contributed by atoms with Crippen molar-refractivity contribution < 1.29 is 0 Å². The number of hydrogen-bond acceptors (Lipinski definition) is 2. The van der Waals surface area contributed by atoms with Crippen molar-refractivity contribution in [1.29, 1.82) is 0 Å². The zero-order valence-electron chi connectivity index (χ0n) is 14.2. The highest BCUT2D eigenvalue weighted by Crippen LogP contribution is 2.33. The number of nitrogens with zero attached hydrogens (tertiary/aromatic N) is 1. The second kappa shape index (κ2) is 7.64. The molecule has 0 amide bonds. The van der Waals surface area contributed by atoms with Crippen LogP contribution in [0.3, 0.4) is 0 Å². The third kappa shape index (κ3) is 4.75. The SMILES string of the molecule is CCNC1CC(C)CC(C)C1N(CC(C)C)C(C)C. The van der Waals surface area contributed by atoms with Gasteiger partial charge in [-0.3, -0.25) is 4.90 Å². The molecule has 0 aromatic heterocycles. The molecule has 0 spiro atoms. The summed E-state index contributed by atoms with van der Waals surface area (Å²) in [6.45, 7) is 18.8. The fourth-order valence-corrected chi connectivity index (χ4v) is 3.96. The largest absolute Gasteiger partial charge is 0.313 e. The summed E-state index contributed by atoms with van der Waals surface area (Å²) in [5, 5.41) is 3.76. The molecule has 0 aromatic carbocycles. The van der Waals surface area contributed by atoms with Crippen molar-refractivity contribution in [2.24, 2.45) is 17.8 Å². The fraction of sp³-hybridized carbons (Fsp3) is 1.00. The molecule has 1 N–H and O–H groups in total. The van der Waals surface area contributed by atoms with Crippen molar-refractivity contribution in [3.8, 4) is 0 Å². The van der Waals surface area contributed by atoms with Crippen molar-refractivity contribution in [3.05, 3.63) is 0 Å². The lowest BCUT2D eigenvalue weighted by Crippen LogP contribution is -2.59. The second-order valence-corrected chi connectivity index (χ2v) is 7.39. The molecule has 2 nitrogen and oxygen atoms in total. The first-order valence-corrected chi connectivity index (χ1v) is 8.35. The number of hydrogen-bond donors (Lipinski definition) is 1. The van der Waals surface area contributed by atoms with Crippen LogP contribution in [0.5, 0.6) is 0 Å². The highest BCUT2D eigenvalue weighted by molar-refractivity contribution is 4.95. The average molecular weight is 268 g/mol. The van der Waals surface area contributed by atoms with Crippen LogP contribution >= 0.6 is 0 Å². The number of rotatable bonds is 6. The minimum atomic E-state index is 0.643. The molecule has 1 aliphatic carbocycles. The molecular formula is C17H36N2. The van der Waals surface area contributed by atoms with Crippen LogP contribution < -0.4 is 5.32 Å². The van der Waals surface area contributed by atoms with E-state index in [1.807, 2.05) is 0 Å². The lowest BCUT2D eigenvalue weighted by molar-refractivity contribution is 0.0319. The molecule has 1 saturated carbocycles. The number of nitrogens with one attached hydrogen (secondary N) is 1.